The molecule has 0 atom stereocenters. The summed E-state index contributed by atoms with van der Waals surface area (Å²) in [7, 11) is -3.12. The molecule has 0 spiro atoms. The molecule has 0 saturated heterocycles. The van der Waals surface area contributed by atoms with Crippen molar-refractivity contribution in [3.8, 4) is 0 Å². The van der Waals surface area contributed by atoms with E-state index in [0.29, 0.717) is 15.6 Å². The van der Waals surface area contributed by atoms with Gasteiger partial charge in [-0.2, -0.15) is 0 Å². The van der Waals surface area contributed by atoms with Crippen molar-refractivity contribution < 1.29 is 47.9 Å². The van der Waals surface area contributed by atoms with Crippen LogP contribution in [0.4, 0.5) is 0 Å². The van der Waals surface area contributed by atoms with Crippen LogP contribution in [0.2, 0.25) is 0 Å². The maximum absolute atomic E-state index is 11.0. The van der Waals surface area contributed by atoms with Gasteiger partial charge in [0.15, 0.2) is 9.84 Å². The Kier molecular flexibility index (Phi) is 6.13. The molecule has 0 bridgehead atoms. The van der Waals surface area contributed by atoms with E-state index in [1.54, 1.807) is 6.92 Å². The first-order valence-electron chi connectivity index (χ1n) is 4.10. The van der Waals surface area contributed by atoms with Gasteiger partial charge in [0.2, 0.25) is 0 Å². The fraction of sp³-hybridized carbons (Fsp3) is 0.500. The molecule has 5 nitrogen and oxygen atoms in total. The van der Waals surface area contributed by atoms with Gasteiger partial charge in [0.05, 0.1) is 5.69 Å². The molecule has 0 saturated carbocycles. The number of carbonyl (C=O) groups excluding carboxylic acids is 1. The maximum Gasteiger partial charge on any atom is 1.00 e. The van der Waals surface area contributed by atoms with Gasteiger partial charge in [-0.05, 0) is 6.92 Å². The van der Waals surface area contributed by atoms with Gasteiger partial charge < -0.3 is 9.90 Å². The van der Waals surface area contributed by atoms with E-state index >= 15 is 0 Å². The van der Waals surface area contributed by atoms with Crippen molar-refractivity contribution in [1.82, 2.24) is 4.98 Å². The maximum atomic E-state index is 11.0. The van der Waals surface area contributed by atoms with Crippen molar-refractivity contribution in [3.63, 3.8) is 0 Å². The molecule has 1 aromatic heterocycles. The minimum atomic E-state index is -3.12. The number of aryl methyl sites for hydroxylation is 1. The number of carboxylic acid groups (broad SMARTS) is 1. The molecule has 0 radical (unpaired) electrons. The van der Waals surface area contributed by atoms with E-state index in [0.717, 1.165) is 17.6 Å². The second kappa shape index (κ2) is 6.11. The molecule has 0 aliphatic rings. The molecule has 0 aromatic carbocycles. The largest absolute Gasteiger partial charge is 1.00 e. The van der Waals surface area contributed by atoms with Gasteiger partial charge in [-0.25, -0.2) is 13.4 Å². The first kappa shape index (κ1) is 16.1. The zero-order chi connectivity index (χ0) is 11.6. The van der Waals surface area contributed by atoms with E-state index in [2.05, 4.69) is 4.98 Å². The van der Waals surface area contributed by atoms with Crippen molar-refractivity contribution in [2.45, 2.75) is 19.1 Å². The number of hydrogen-bond acceptors (Lipinski definition) is 6. The van der Waals surface area contributed by atoms with Crippen LogP contribution in [0.1, 0.15) is 15.6 Å². The molecule has 0 aliphatic heterocycles. The number of hydrogen-bond donors (Lipinski definition) is 0. The van der Waals surface area contributed by atoms with E-state index in [1.165, 1.54) is 0 Å². The normalized spacial score (nSPS) is 10.9. The Morgan fingerprint density at radius 2 is 2.06 bits per heavy atom. The van der Waals surface area contributed by atoms with Crippen molar-refractivity contribution in [3.05, 3.63) is 15.6 Å². The molecular weight excluding hydrogens is 261 g/mol. The quantitative estimate of drug-likeness (QED) is 0.526. The van der Waals surface area contributed by atoms with Crippen molar-refractivity contribution >= 4 is 27.1 Å². The van der Waals surface area contributed by atoms with E-state index < -0.39 is 15.8 Å². The second-order valence-corrected chi connectivity index (χ2v) is 6.54. The number of thiazole rings is 1. The van der Waals surface area contributed by atoms with Crippen molar-refractivity contribution in [2.75, 3.05) is 6.26 Å². The Morgan fingerprint density at radius 3 is 2.50 bits per heavy atom. The van der Waals surface area contributed by atoms with E-state index in [9.17, 15) is 18.3 Å². The van der Waals surface area contributed by atoms with E-state index in [-0.39, 0.29) is 41.7 Å². The van der Waals surface area contributed by atoms with Crippen molar-refractivity contribution in [1.29, 1.82) is 0 Å². The second-order valence-electron chi connectivity index (χ2n) is 3.24. The van der Waals surface area contributed by atoms with Crippen LogP contribution in [0.15, 0.2) is 0 Å². The number of aromatic nitrogens is 1. The first-order valence-corrected chi connectivity index (χ1v) is 6.98. The van der Waals surface area contributed by atoms with Gasteiger partial charge in [-0.15, -0.1) is 11.3 Å². The molecule has 0 unspecified atom stereocenters. The minimum absolute atomic E-state index is 0. The standard InChI is InChI=1S/C8H11NO4S2.Na/c1-5-6(3-8(10)11)14-7(9-5)4-15(2,12)13;/h3-4H2,1-2H3,(H,10,11);/q;+1/p-1. The SMILES string of the molecule is Cc1nc(CS(C)(=O)=O)sc1CC(=O)[O-].[Na+]. The summed E-state index contributed by atoms with van der Waals surface area (Å²) in [5.41, 5.74) is 0.558. The Morgan fingerprint density at radius 1 is 1.50 bits per heavy atom. The fourth-order valence-electron chi connectivity index (χ4n) is 1.07. The molecule has 16 heavy (non-hydrogen) atoms. The summed E-state index contributed by atoms with van der Waals surface area (Å²) < 4.78 is 22.0. The average molecular weight is 271 g/mol. The van der Waals surface area contributed by atoms with Crippen LogP contribution >= 0.6 is 11.3 Å². The Hall–Kier alpha value is 0.0500. The Bertz CT molecular complexity index is 480. The van der Waals surface area contributed by atoms with Crippen LogP contribution in [-0.2, 0) is 26.8 Å². The van der Waals surface area contributed by atoms with Crippen molar-refractivity contribution in [2.24, 2.45) is 0 Å². The summed E-state index contributed by atoms with van der Waals surface area (Å²) in [5.74, 6) is -1.33. The fourth-order valence-corrected chi connectivity index (χ4v) is 3.31. The number of nitrogens with zero attached hydrogens (tertiary/aromatic N) is 1. The zero-order valence-corrected chi connectivity index (χ0v) is 12.9. The smallest absolute Gasteiger partial charge is 0.550 e. The van der Waals surface area contributed by atoms with Gasteiger partial charge in [0, 0.05) is 23.5 Å². The Balaban J connectivity index is 0.00000225. The summed E-state index contributed by atoms with van der Waals surface area (Å²) in [6.45, 7) is 1.65. The van der Waals surface area contributed by atoms with E-state index in [1.807, 2.05) is 0 Å². The van der Waals surface area contributed by atoms with E-state index in [4.69, 9.17) is 0 Å². The Labute approximate surface area is 120 Å². The van der Waals surface area contributed by atoms with Crippen LogP contribution in [0, 0.1) is 6.92 Å². The third-order valence-corrected chi connectivity index (χ3v) is 3.77. The molecule has 1 heterocycles. The predicted molar refractivity (Wildman–Crippen MR) is 54.1 cm³/mol. The molecule has 0 aliphatic carbocycles. The first-order chi connectivity index (χ1) is 6.78. The van der Waals surface area contributed by atoms with Crippen LogP contribution in [0.3, 0.4) is 0 Å². The molecular formula is C8H10NNaO4S2. The topological polar surface area (TPSA) is 87.2 Å². The average Bonchev–Trinajstić information content (AvgIpc) is 2.26. The molecule has 0 fully saturated rings. The van der Waals surface area contributed by atoms with Gasteiger partial charge >= 0.3 is 29.6 Å². The van der Waals surface area contributed by atoms with Gasteiger partial charge in [-0.1, -0.05) is 0 Å². The minimum Gasteiger partial charge on any atom is -0.550 e. The summed E-state index contributed by atoms with van der Waals surface area (Å²) in [5, 5.41) is 10.8. The number of sulfone groups is 1. The van der Waals surface area contributed by atoms with Crippen LogP contribution < -0.4 is 34.7 Å². The summed E-state index contributed by atoms with van der Waals surface area (Å²) >= 11 is 1.10. The molecule has 84 valence electrons. The summed E-state index contributed by atoms with van der Waals surface area (Å²) in [6, 6.07) is 0. The number of carboxylic acids is 1. The summed E-state index contributed by atoms with van der Waals surface area (Å²) in [4.78, 5) is 14.9. The monoisotopic (exact) mass is 271 g/mol. The van der Waals surface area contributed by atoms with Crippen LogP contribution in [0.25, 0.3) is 0 Å². The third kappa shape index (κ3) is 5.40. The predicted octanol–water partition coefficient (Wildman–Crippen LogP) is -3.71. The van der Waals surface area contributed by atoms with Gasteiger partial charge in [0.25, 0.3) is 0 Å². The summed E-state index contributed by atoms with van der Waals surface area (Å²) in [6.07, 6.45) is 0.898. The molecule has 1 aromatic rings. The number of carbonyl (C=O) groups is 1. The molecule has 1 rings (SSSR count). The zero-order valence-electron chi connectivity index (χ0n) is 9.31. The molecule has 0 N–H and O–H groups in total. The number of rotatable bonds is 4. The van der Waals surface area contributed by atoms with Crippen LogP contribution in [-0.4, -0.2) is 25.6 Å². The van der Waals surface area contributed by atoms with Gasteiger partial charge in [-0.3, -0.25) is 0 Å². The number of aliphatic carboxylic acids is 1. The van der Waals surface area contributed by atoms with Gasteiger partial charge in [0.1, 0.15) is 10.8 Å². The van der Waals surface area contributed by atoms with Crippen LogP contribution in [0.5, 0.6) is 0 Å². The third-order valence-electron chi connectivity index (χ3n) is 1.63. The molecule has 8 heteroatoms. The molecule has 0 amide bonds.